The summed E-state index contributed by atoms with van der Waals surface area (Å²) in [7, 11) is 0. The molecule has 0 unspecified atom stereocenters. The quantitative estimate of drug-likeness (QED) is 0.508. The summed E-state index contributed by atoms with van der Waals surface area (Å²) < 4.78 is 27.1. The van der Waals surface area contributed by atoms with Crippen LogP contribution in [0.2, 0.25) is 0 Å². The lowest BCUT2D eigenvalue weighted by molar-refractivity contribution is 0.608. The molecule has 0 spiro atoms. The van der Waals surface area contributed by atoms with E-state index < -0.39 is 0 Å². The van der Waals surface area contributed by atoms with Gasteiger partial charge >= 0.3 is 0 Å². The Hall–Kier alpha value is -0.740. The smallest absolute Gasteiger partial charge is 0.130 e. The molecule has 0 radical (unpaired) electrons. The van der Waals surface area contributed by atoms with E-state index in [9.17, 15) is 8.78 Å². The molecule has 0 fully saturated rings. The Kier molecular flexibility index (Phi) is 6.14. The third-order valence-corrected chi connectivity index (χ3v) is 4.00. The molecule has 2 aromatic carbocycles. The summed E-state index contributed by atoms with van der Waals surface area (Å²) in [6.45, 7) is 5.25. The molecule has 0 aliphatic heterocycles. The molecule has 0 amide bonds. The fourth-order valence-corrected chi connectivity index (χ4v) is 2.00. The van der Waals surface area contributed by atoms with Crippen LogP contribution in [0.1, 0.15) is 16.7 Å². The Morgan fingerprint density at radius 2 is 1.42 bits per heavy atom. The maximum Gasteiger partial charge on any atom is 0.130 e. The van der Waals surface area contributed by atoms with Crippen molar-refractivity contribution in [2.75, 3.05) is 0 Å². The Morgan fingerprint density at radius 1 is 0.842 bits per heavy atom. The van der Waals surface area contributed by atoms with Crippen LogP contribution in [0.25, 0.3) is 0 Å². The lowest BCUT2D eigenvalue weighted by Crippen LogP contribution is -1.87. The minimum atomic E-state index is -0.163. The van der Waals surface area contributed by atoms with Crippen LogP contribution in [-0.4, -0.2) is 0 Å². The zero-order valence-electron chi connectivity index (χ0n) is 10.9. The van der Waals surface area contributed by atoms with E-state index in [1.54, 1.807) is 32.9 Å². The van der Waals surface area contributed by atoms with Gasteiger partial charge in [0.25, 0.3) is 0 Å². The number of hydrogen-bond donors (Lipinski definition) is 0. The van der Waals surface area contributed by atoms with Crippen LogP contribution in [0, 0.1) is 32.4 Å². The van der Waals surface area contributed by atoms with Gasteiger partial charge in [-0.25, -0.2) is 8.78 Å². The average Bonchev–Trinajstić information content (AvgIpc) is 2.37. The van der Waals surface area contributed by atoms with E-state index in [1.165, 1.54) is 6.07 Å². The van der Waals surface area contributed by atoms with Crippen molar-refractivity contribution in [2.45, 2.75) is 20.8 Å². The second-order valence-electron chi connectivity index (χ2n) is 4.20. The molecule has 0 nitrogen and oxygen atoms in total. The number of benzene rings is 2. The van der Waals surface area contributed by atoms with E-state index in [0.717, 1.165) is 8.95 Å². The normalized spacial score (nSPS) is 9.84. The molecule has 2 aromatic rings. The highest BCUT2D eigenvalue weighted by Gasteiger charge is 2.02. The molecule has 4 heteroatoms. The second kappa shape index (κ2) is 7.15. The van der Waals surface area contributed by atoms with Crippen molar-refractivity contribution in [3.05, 3.63) is 67.6 Å². The van der Waals surface area contributed by atoms with E-state index in [1.807, 2.05) is 12.1 Å². The maximum atomic E-state index is 13.0. The van der Waals surface area contributed by atoms with E-state index in [4.69, 9.17) is 0 Å². The van der Waals surface area contributed by atoms with Gasteiger partial charge in [0.15, 0.2) is 0 Å². The summed E-state index contributed by atoms with van der Waals surface area (Å²) in [5.41, 5.74) is 2.05. The van der Waals surface area contributed by atoms with Crippen LogP contribution < -0.4 is 0 Å². The van der Waals surface area contributed by atoms with Gasteiger partial charge in [-0.1, -0.05) is 44.0 Å². The Bertz CT molecular complexity index is 554. The van der Waals surface area contributed by atoms with E-state index in [-0.39, 0.29) is 11.6 Å². The van der Waals surface area contributed by atoms with Crippen LogP contribution >= 0.6 is 31.9 Å². The first kappa shape index (κ1) is 16.3. The van der Waals surface area contributed by atoms with Crippen molar-refractivity contribution in [3.63, 3.8) is 0 Å². The lowest BCUT2D eigenvalue weighted by Gasteiger charge is -2.01. The number of halogens is 4. The van der Waals surface area contributed by atoms with E-state index in [0.29, 0.717) is 16.7 Å². The van der Waals surface area contributed by atoms with Crippen molar-refractivity contribution in [2.24, 2.45) is 0 Å². The first-order chi connectivity index (χ1) is 8.82. The van der Waals surface area contributed by atoms with Crippen LogP contribution in [-0.2, 0) is 0 Å². The Labute approximate surface area is 129 Å². The van der Waals surface area contributed by atoms with E-state index in [2.05, 4.69) is 31.9 Å². The van der Waals surface area contributed by atoms with Crippen molar-refractivity contribution in [3.8, 4) is 0 Å². The Balaban J connectivity index is 0.000000191. The second-order valence-corrected chi connectivity index (χ2v) is 5.97. The first-order valence-corrected chi connectivity index (χ1v) is 7.24. The monoisotopic (exact) mass is 390 g/mol. The molecule has 0 saturated heterocycles. The number of aryl methyl sites for hydroxylation is 2. The van der Waals surface area contributed by atoms with E-state index >= 15 is 0 Å². The molecule has 0 atom stereocenters. The number of hydrogen-bond acceptors (Lipinski definition) is 0. The minimum absolute atomic E-state index is 0.116. The molecule has 0 bridgehead atoms. The molecule has 0 aliphatic rings. The van der Waals surface area contributed by atoms with Gasteiger partial charge in [-0.15, -0.1) is 0 Å². The molecule has 19 heavy (non-hydrogen) atoms. The van der Waals surface area contributed by atoms with Gasteiger partial charge in [-0.2, -0.15) is 0 Å². The lowest BCUT2D eigenvalue weighted by atomic mass is 10.1. The topological polar surface area (TPSA) is 0 Å². The molecule has 0 aromatic heterocycles. The van der Waals surface area contributed by atoms with Crippen LogP contribution in [0.3, 0.4) is 0 Å². The third-order valence-electron chi connectivity index (χ3n) is 2.65. The van der Waals surface area contributed by atoms with Gasteiger partial charge in [0.05, 0.1) is 0 Å². The summed E-state index contributed by atoms with van der Waals surface area (Å²) in [6, 6.07) is 8.62. The van der Waals surface area contributed by atoms with Crippen LogP contribution in [0.4, 0.5) is 8.78 Å². The molecule has 0 saturated carbocycles. The average molecular weight is 392 g/mol. The van der Waals surface area contributed by atoms with Crippen LogP contribution in [0.5, 0.6) is 0 Å². The predicted molar refractivity (Wildman–Crippen MR) is 82.4 cm³/mol. The van der Waals surface area contributed by atoms with Crippen molar-refractivity contribution in [1.29, 1.82) is 0 Å². The van der Waals surface area contributed by atoms with Gasteiger partial charge in [-0.3, -0.25) is 0 Å². The molecule has 0 N–H and O–H groups in total. The molecule has 2 rings (SSSR count). The summed E-state index contributed by atoms with van der Waals surface area (Å²) in [5, 5.41) is 0. The summed E-state index contributed by atoms with van der Waals surface area (Å²) in [5.74, 6) is -0.279. The summed E-state index contributed by atoms with van der Waals surface area (Å²) >= 11 is 6.40. The van der Waals surface area contributed by atoms with Gasteiger partial charge < -0.3 is 0 Å². The zero-order chi connectivity index (χ0) is 14.6. The first-order valence-electron chi connectivity index (χ1n) is 5.65. The number of rotatable bonds is 0. The largest absolute Gasteiger partial charge is 0.207 e. The minimum Gasteiger partial charge on any atom is -0.207 e. The fourth-order valence-electron chi connectivity index (χ4n) is 1.36. The van der Waals surface area contributed by atoms with Crippen molar-refractivity contribution >= 4 is 31.9 Å². The van der Waals surface area contributed by atoms with Crippen LogP contribution in [0.15, 0.2) is 39.3 Å². The molecule has 0 heterocycles. The summed E-state index contributed by atoms with van der Waals surface area (Å²) in [4.78, 5) is 0. The Morgan fingerprint density at radius 3 is 1.89 bits per heavy atom. The van der Waals surface area contributed by atoms with Crippen molar-refractivity contribution in [1.82, 2.24) is 0 Å². The van der Waals surface area contributed by atoms with Crippen molar-refractivity contribution < 1.29 is 8.78 Å². The summed E-state index contributed by atoms with van der Waals surface area (Å²) in [6.07, 6.45) is 0. The highest BCUT2D eigenvalue weighted by molar-refractivity contribution is 9.10. The maximum absolute atomic E-state index is 13.0. The van der Waals surface area contributed by atoms with Gasteiger partial charge in [0.1, 0.15) is 11.6 Å². The molecule has 0 aliphatic carbocycles. The molecule has 102 valence electrons. The van der Waals surface area contributed by atoms with Gasteiger partial charge in [-0.05, 0) is 55.7 Å². The molecular weight excluding hydrogens is 378 g/mol. The highest BCUT2D eigenvalue weighted by atomic mass is 79.9. The van der Waals surface area contributed by atoms with Gasteiger partial charge in [0.2, 0.25) is 0 Å². The highest BCUT2D eigenvalue weighted by Crippen LogP contribution is 2.20. The molecular formula is C15H14Br2F2. The van der Waals surface area contributed by atoms with Gasteiger partial charge in [0, 0.05) is 8.95 Å². The zero-order valence-corrected chi connectivity index (χ0v) is 14.1. The standard InChI is InChI=1S/C8H8BrF.C7H6BrF/c1-5-3-4-7(9)6(2)8(5)10;1-5-2-3-6(8)4-7(5)9/h3-4H,1-2H3;2-4H,1H3. The predicted octanol–water partition coefficient (Wildman–Crippen LogP) is 6.10. The SMILES string of the molecule is Cc1ccc(Br)c(C)c1F.Cc1ccc(Br)cc1F. The fraction of sp³-hybridized carbons (Fsp3) is 0.200. The third kappa shape index (κ3) is 4.69.